The van der Waals surface area contributed by atoms with E-state index in [0.29, 0.717) is 11.1 Å². The molecule has 0 aliphatic heterocycles. The van der Waals surface area contributed by atoms with Crippen molar-refractivity contribution in [2.45, 2.75) is 30.7 Å². The summed E-state index contributed by atoms with van der Waals surface area (Å²) in [5.74, 6) is 0.795. The molecule has 39 heavy (non-hydrogen) atoms. The van der Waals surface area contributed by atoms with E-state index in [2.05, 4.69) is 26.6 Å². The third-order valence-electron chi connectivity index (χ3n) is 5.63. The molecule has 0 heterocycles. The number of methoxy groups -OCH3 is 2. The van der Waals surface area contributed by atoms with Crippen molar-refractivity contribution in [3.05, 3.63) is 65.2 Å². The molecule has 12 heteroatoms. The highest BCUT2D eigenvalue weighted by Crippen LogP contribution is 2.15. The van der Waals surface area contributed by atoms with Crippen LogP contribution in [0.2, 0.25) is 0 Å². The molecule has 0 saturated heterocycles. The monoisotopic (exact) mass is 558 g/mol. The average Bonchev–Trinajstić information content (AvgIpc) is 2.90. The topological polar surface area (TPSA) is 156 Å². The number of aliphatic carboxylic acids is 1. The van der Waals surface area contributed by atoms with Gasteiger partial charge in [-0.25, -0.2) is 13.2 Å². The van der Waals surface area contributed by atoms with Crippen LogP contribution in [0.4, 0.5) is 0 Å². The maximum Gasteiger partial charge on any atom is 0.326 e. The second-order valence-corrected chi connectivity index (χ2v) is 10.6. The van der Waals surface area contributed by atoms with Crippen molar-refractivity contribution in [3.8, 4) is 11.8 Å². The smallest absolute Gasteiger partial charge is 0.326 e. The van der Waals surface area contributed by atoms with Crippen molar-refractivity contribution in [2.24, 2.45) is 5.92 Å². The summed E-state index contributed by atoms with van der Waals surface area (Å²) in [7, 11) is -0.386. The van der Waals surface area contributed by atoms with Crippen LogP contribution < -0.4 is 5.32 Å². The Bertz CT molecular complexity index is 1340. The Balaban J connectivity index is 2.02. The minimum Gasteiger partial charge on any atom is -0.480 e. The van der Waals surface area contributed by atoms with E-state index < -0.39 is 52.3 Å². The minimum absolute atomic E-state index is 0.0208. The number of nitrogens with zero attached hydrogens (tertiary/aromatic N) is 1. The number of hydrogen-bond acceptors (Lipinski definition) is 8. The molecule has 11 nitrogen and oxygen atoms in total. The molecule has 0 spiro atoms. The van der Waals surface area contributed by atoms with Gasteiger partial charge in [0.1, 0.15) is 6.04 Å². The summed E-state index contributed by atoms with van der Waals surface area (Å²) in [6.07, 6.45) is -0.168. The van der Waals surface area contributed by atoms with Crippen LogP contribution in [0.25, 0.3) is 0 Å². The number of aryl methyl sites for hydroxylation is 1. The van der Waals surface area contributed by atoms with E-state index in [0.717, 1.165) is 24.1 Å². The predicted molar refractivity (Wildman–Crippen MR) is 140 cm³/mol. The second-order valence-electron chi connectivity index (χ2n) is 8.54. The van der Waals surface area contributed by atoms with Gasteiger partial charge in [-0.15, -0.1) is 0 Å². The van der Waals surface area contributed by atoms with Gasteiger partial charge in [-0.3, -0.25) is 14.4 Å². The number of benzene rings is 2. The van der Waals surface area contributed by atoms with E-state index in [1.807, 2.05) is 6.92 Å². The van der Waals surface area contributed by atoms with Crippen molar-refractivity contribution < 1.29 is 42.2 Å². The number of carbonyl (C=O) groups is 4. The van der Waals surface area contributed by atoms with Crippen LogP contribution >= 0.6 is 0 Å². The first-order valence-corrected chi connectivity index (χ1v) is 13.1. The molecule has 1 amide bonds. The van der Waals surface area contributed by atoms with Crippen molar-refractivity contribution >= 4 is 33.8 Å². The van der Waals surface area contributed by atoms with Crippen LogP contribution in [0.5, 0.6) is 0 Å². The Morgan fingerprint density at radius 3 is 2.05 bits per heavy atom. The van der Waals surface area contributed by atoms with Gasteiger partial charge >= 0.3 is 17.9 Å². The quantitative estimate of drug-likeness (QED) is 0.234. The van der Waals surface area contributed by atoms with Crippen molar-refractivity contribution in [3.63, 3.8) is 0 Å². The van der Waals surface area contributed by atoms with Crippen LogP contribution in [0.15, 0.2) is 53.4 Å². The summed E-state index contributed by atoms with van der Waals surface area (Å²) in [6.45, 7) is 1.25. The number of rotatable bonds is 11. The molecule has 1 atom stereocenters. The number of hydrogen-bond donors (Lipinski definition) is 2. The molecule has 2 rings (SSSR count). The molecule has 0 radical (unpaired) electrons. The van der Waals surface area contributed by atoms with Crippen LogP contribution in [0.1, 0.15) is 23.1 Å². The lowest BCUT2D eigenvalue weighted by Gasteiger charge is -2.19. The maximum atomic E-state index is 12.7. The third-order valence-corrected chi connectivity index (χ3v) is 7.45. The van der Waals surface area contributed by atoms with Gasteiger partial charge in [-0.1, -0.05) is 41.7 Å². The highest BCUT2D eigenvalue weighted by molar-refractivity contribution is 7.89. The van der Waals surface area contributed by atoms with Gasteiger partial charge < -0.3 is 19.9 Å². The molecular weight excluding hydrogens is 528 g/mol. The molecule has 1 unspecified atom stereocenters. The Morgan fingerprint density at radius 2 is 1.54 bits per heavy atom. The van der Waals surface area contributed by atoms with Gasteiger partial charge in [-0.05, 0) is 36.8 Å². The van der Waals surface area contributed by atoms with Crippen LogP contribution in [-0.4, -0.2) is 75.5 Å². The Hall–Kier alpha value is -4.21. The van der Waals surface area contributed by atoms with E-state index in [1.54, 1.807) is 36.4 Å². The Labute approximate surface area is 227 Å². The summed E-state index contributed by atoms with van der Waals surface area (Å²) < 4.78 is 35.4. The molecule has 2 aromatic rings. The number of amides is 1. The summed E-state index contributed by atoms with van der Waals surface area (Å²) in [5, 5.41) is 12.0. The number of carboxylic acids is 1. The fourth-order valence-corrected chi connectivity index (χ4v) is 4.51. The first-order chi connectivity index (χ1) is 18.4. The Morgan fingerprint density at radius 1 is 0.974 bits per heavy atom. The molecule has 2 aromatic carbocycles. The van der Waals surface area contributed by atoms with Gasteiger partial charge in [-0.2, -0.15) is 4.31 Å². The summed E-state index contributed by atoms with van der Waals surface area (Å²) in [6, 6.07) is 11.3. The van der Waals surface area contributed by atoms with Crippen LogP contribution in [0, 0.1) is 24.7 Å². The SMILES string of the molecule is COC(=O)C(CC#Cc1ccc(CC(NC(=O)CN(C)S(=O)(=O)c2ccc(C)cc2)C(=O)O)cc1)C(=O)OC. The average molecular weight is 559 g/mol. The number of carboxylic acid groups (broad SMARTS) is 1. The molecular formula is C27H30N2O9S. The fraction of sp³-hybridized carbons (Fsp3) is 0.333. The number of carbonyl (C=O) groups excluding carboxylic acids is 3. The normalized spacial score (nSPS) is 11.7. The molecule has 0 aliphatic rings. The first-order valence-electron chi connectivity index (χ1n) is 11.7. The largest absolute Gasteiger partial charge is 0.480 e. The summed E-state index contributed by atoms with van der Waals surface area (Å²) in [4.78, 5) is 47.7. The second kappa shape index (κ2) is 14.1. The molecule has 0 fully saturated rings. The zero-order valence-corrected chi connectivity index (χ0v) is 22.8. The first kappa shape index (κ1) is 31.0. The van der Waals surface area contributed by atoms with Gasteiger partial charge in [0.25, 0.3) is 0 Å². The number of ether oxygens (including phenoxy) is 2. The lowest BCUT2D eigenvalue weighted by Crippen LogP contribution is -2.46. The van der Waals surface area contributed by atoms with E-state index >= 15 is 0 Å². The molecule has 0 bridgehead atoms. The molecule has 2 N–H and O–H groups in total. The van der Waals surface area contributed by atoms with E-state index in [-0.39, 0.29) is 17.7 Å². The zero-order chi connectivity index (χ0) is 29.2. The lowest BCUT2D eigenvalue weighted by molar-refractivity contribution is -0.158. The number of likely N-dealkylation sites (N-methyl/N-ethyl adjacent to an activating group) is 1. The number of sulfonamides is 1. The van der Waals surface area contributed by atoms with Gasteiger partial charge in [0, 0.05) is 25.5 Å². The predicted octanol–water partition coefficient (Wildman–Crippen LogP) is 1.13. The molecule has 0 aliphatic carbocycles. The Kier molecular flexibility index (Phi) is 11.2. The van der Waals surface area contributed by atoms with Gasteiger partial charge in [0.05, 0.1) is 25.7 Å². The van der Waals surface area contributed by atoms with Crippen molar-refractivity contribution in [2.75, 3.05) is 27.8 Å². The third kappa shape index (κ3) is 8.94. The summed E-state index contributed by atoms with van der Waals surface area (Å²) >= 11 is 0. The molecule has 0 saturated carbocycles. The van der Waals surface area contributed by atoms with Crippen molar-refractivity contribution in [1.29, 1.82) is 0 Å². The molecule has 208 valence electrons. The maximum absolute atomic E-state index is 12.7. The highest BCUT2D eigenvalue weighted by atomic mass is 32.2. The van der Waals surface area contributed by atoms with Crippen LogP contribution in [-0.2, 0) is 45.1 Å². The van der Waals surface area contributed by atoms with Gasteiger partial charge in [0.2, 0.25) is 15.9 Å². The zero-order valence-electron chi connectivity index (χ0n) is 22.0. The highest BCUT2D eigenvalue weighted by Gasteiger charge is 2.28. The molecule has 0 aromatic heterocycles. The fourth-order valence-electron chi connectivity index (χ4n) is 3.38. The summed E-state index contributed by atoms with van der Waals surface area (Å²) in [5.41, 5.74) is 2.01. The minimum atomic E-state index is -3.94. The van der Waals surface area contributed by atoms with Crippen LogP contribution in [0.3, 0.4) is 0 Å². The van der Waals surface area contributed by atoms with Gasteiger partial charge in [0.15, 0.2) is 5.92 Å². The van der Waals surface area contributed by atoms with Crippen molar-refractivity contribution in [1.82, 2.24) is 9.62 Å². The van der Waals surface area contributed by atoms with E-state index in [9.17, 15) is 32.7 Å². The standard InChI is InChI=1S/C27H30N2O9S/c1-18-8-14-21(15-9-18)39(35,36)29(2)17-24(30)28-23(25(31)32)16-20-12-10-19(11-13-20)6-5-7-22(26(33)37-3)27(34)38-4/h8-15,22-23H,7,16-17H2,1-4H3,(H,28,30)(H,31,32). The van der Waals surface area contributed by atoms with E-state index in [4.69, 9.17) is 0 Å². The number of nitrogens with one attached hydrogen (secondary N) is 1. The number of esters is 2. The lowest BCUT2D eigenvalue weighted by atomic mass is 10.0. The van der Waals surface area contributed by atoms with E-state index in [1.165, 1.54) is 19.2 Å².